The molecule has 2 aromatic rings. The molecule has 6 heteroatoms. The Bertz CT molecular complexity index is 1220. The summed E-state index contributed by atoms with van der Waals surface area (Å²) in [5.41, 5.74) is 8.42. The zero-order chi connectivity index (χ0) is 28.9. The maximum Gasteiger partial charge on any atom is 0.164 e. The van der Waals surface area contributed by atoms with Gasteiger partial charge in [-0.15, -0.1) is 0 Å². The Hall–Kier alpha value is -3.80. The molecule has 0 aliphatic heterocycles. The lowest BCUT2D eigenvalue weighted by molar-refractivity contribution is -0.114. The van der Waals surface area contributed by atoms with Crippen LogP contribution in [0.25, 0.3) is 0 Å². The van der Waals surface area contributed by atoms with E-state index in [0.29, 0.717) is 0 Å². The van der Waals surface area contributed by atoms with Gasteiger partial charge < -0.3 is 10.2 Å². The topological polar surface area (TPSA) is 99.3 Å². The average Bonchev–Trinajstić information content (AvgIpc) is 2.74. The third kappa shape index (κ3) is 7.15. The minimum atomic E-state index is -0.590. The van der Waals surface area contributed by atoms with Crippen LogP contribution >= 0.6 is 0 Å². The molecule has 2 N–H and O–H groups in total. The van der Waals surface area contributed by atoms with E-state index in [1.807, 2.05) is 41.5 Å². The second kappa shape index (κ2) is 12.6. The van der Waals surface area contributed by atoms with Crippen LogP contribution in [0.3, 0.4) is 0 Å². The van der Waals surface area contributed by atoms with Gasteiger partial charge in [0.2, 0.25) is 0 Å². The van der Waals surface area contributed by atoms with E-state index in [1.165, 1.54) is 40.1 Å². The van der Waals surface area contributed by atoms with Gasteiger partial charge >= 0.3 is 0 Å². The van der Waals surface area contributed by atoms with E-state index in [4.69, 9.17) is 9.98 Å². The highest BCUT2D eigenvalue weighted by Gasteiger charge is 2.29. The second-order valence-corrected chi connectivity index (χ2v) is 10.2. The molecular formula is C32H40N2O4. The maximum absolute atomic E-state index is 12.3. The van der Waals surface area contributed by atoms with Gasteiger partial charge in [-0.2, -0.15) is 0 Å². The minimum Gasteiger partial charge on any atom is -0.512 e. The smallest absolute Gasteiger partial charge is 0.164 e. The number of allylic oxidation sites excluding steroid dienone is 4. The first kappa shape index (κ1) is 30.4. The number of carbonyl (C=O) groups is 2. The number of carbonyl (C=O) groups excluding carboxylic acids is 2. The second-order valence-electron chi connectivity index (χ2n) is 10.2. The molecule has 0 saturated heterocycles. The molecule has 0 aliphatic carbocycles. The summed E-state index contributed by atoms with van der Waals surface area (Å²) in [5.74, 6) is -0.828. The molecule has 0 aromatic heterocycles. The van der Waals surface area contributed by atoms with Crippen molar-refractivity contribution in [3.63, 3.8) is 0 Å². The fourth-order valence-electron chi connectivity index (χ4n) is 5.13. The van der Waals surface area contributed by atoms with Crippen LogP contribution in [0.5, 0.6) is 0 Å². The van der Waals surface area contributed by atoms with Crippen LogP contribution in [0.4, 0.5) is 0 Å². The molecule has 0 bridgehead atoms. The van der Waals surface area contributed by atoms with Crippen LogP contribution in [0.2, 0.25) is 0 Å². The van der Waals surface area contributed by atoms with Crippen molar-refractivity contribution in [2.24, 2.45) is 9.98 Å². The molecule has 0 unspecified atom stereocenters. The summed E-state index contributed by atoms with van der Waals surface area (Å²) in [6, 6.07) is 7.15. The summed E-state index contributed by atoms with van der Waals surface area (Å²) in [5, 5.41) is 20.3. The number of aliphatic imine (C=N–C) groups is 2. The van der Waals surface area contributed by atoms with Gasteiger partial charge in [-0.25, -0.2) is 0 Å². The number of hydrogen-bond donors (Lipinski definition) is 2. The van der Waals surface area contributed by atoms with Crippen molar-refractivity contribution >= 4 is 24.0 Å². The van der Waals surface area contributed by atoms with Crippen LogP contribution in [0, 0.1) is 41.5 Å². The molecule has 0 amide bonds. The lowest BCUT2D eigenvalue weighted by Crippen LogP contribution is -2.16. The highest BCUT2D eigenvalue weighted by molar-refractivity contribution is 6.13. The van der Waals surface area contributed by atoms with Crippen molar-refractivity contribution in [3.05, 3.63) is 91.4 Å². The fraction of sp³-hybridized carbons (Fsp3) is 0.375. The Balaban J connectivity index is 3.01. The summed E-state index contributed by atoms with van der Waals surface area (Å²) in [4.78, 5) is 34.3. The Morgan fingerprint density at radius 3 is 1.08 bits per heavy atom. The molecule has 0 radical (unpaired) electrons. The molecule has 0 saturated carbocycles. The van der Waals surface area contributed by atoms with E-state index >= 15 is 0 Å². The van der Waals surface area contributed by atoms with Crippen molar-refractivity contribution in [2.75, 3.05) is 0 Å². The van der Waals surface area contributed by atoms with Crippen molar-refractivity contribution < 1.29 is 19.8 Å². The van der Waals surface area contributed by atoms with Crippen molar-refractivity contribution in [3.8, 4) is 0 Å². The number of hydrogen-bond acceptors (Lipinski definition) is 6. The molecule has 0 aliphatic rings. The molecule has 2 rings (SSSR count). The number of nitrogens with zero attached hydrogens (tertiary/aromatic N) is 2. The van der Waals surface area contributed by atoms with Gasteiger partial charge in [-0.05, 0) is 103 Å². The number of aliphatic hydroxyl groups excluding tert-OH is 2. The van der Waals surface area contributed by atoms with E-state index in [1.54, 1.807) is 0 Å². The van der Waals surface area contributed by atoms with E-state index in [0.717, 1.165) is 44.5 Å². The maximum atomic E-state index is 12.3. The Kier molecular flexibility index (Phi) is 10.1. The molecule has 38 heavy (non-hydrogen) atoms. The van der Waals surface area contributed by atoms with Gasteiger partial charge in [-0.3, -0.25) is 19.6 Å². The van der Waals surface area contributed by atoms with Gasteiger partial charge in [0.15, 0.2) is 11.6 Å². The first-order valence-corrected chi connectivity index (χ1v) is 12.7. The zero-order valence-corrected chi connectivity index (χ0v) is 24.2. The molecule has 202 valence electrons. The van der Waals surface area contributed by atoms with Gasteiger partial charge in [0.1, 0.15) is 23.6 Å². The van der Waals surface area contributed by atoms with Gasteiger partial charge in [0.25, 0.3) is 0 Å². The van der Waals surface area contributed by atoms with E-state index in [2.05, 4.69) is 24.3 Å². The van der Waals surface area contributed by atoms with Crippen LogP contribution in [0.15, 0.2) is 56.9 Å². The predicted molar refractivity (Wildman–Crippen MR) is 156 cm³/mol. The predicted octanol–water partition coefficient (Wildman–Crippen LogP) is 7.30. The van der Waals surface area contributed by atoms with Crippen molar-refractivity contribution in [2.45, 2.75) is 81.3 Å². The summed E-state index contributed by atoms with van der Waals surface area (Å²) >= 11 is 0. The third-order valence-corrected chi connectivity index (χ3v) is 6.63. The summed E-state index contributed by atoms with van der Waals surface area (Å²) in [7, 11) is 0. The van der Waals surface area contributed by atoms with Crippen LogP contribution in [-0.4, -0.2) is 34.2 Å². The number of rotatable bonds is 9. The molecule has 0 spiro atoms. The van der Waals surface area contributed by atoms with E-state index in [9.17, 15) is 19.8 Å². The number of aliphatic hydroxyl groups is 2. The average molecular weight is 517 g/mol. The lowest BCUT2D eigenvalue weighted by atomic mass is 9.84. The highest BCUT2D eigenvalue weighted by atomic mass is 16.3. The summed E-state index contributed by atoms with van der Waals surface area (Å²) in [6.07, 6.45) is 2.84. The van der Waals surface area contributed by atoms with Crippen LogP contribution < -0.4 is 0 Å². The zero-order valence-electron chi connectivity index (χ0n) is 24.2. The Morgan fingerprint density at radius 1 is 0.605 bits per heavy atom. The number of Topliss-reactive ketones (excluding diaryl/α,β-unsaturated/α-hetero) is 2. The lowest BCUT2D eigenvalue weighted by Gasteiger charge is -2.28. The summed E-state index contributed by atoms with van der Waals surface area (Å²) in [6.45, 7) is 17.8. The van der Waals surface area contributed by atoms with Gasteiger partial charge in [0, 0.05) is 12.4 Å². The Labute approximate surface area is 226 Å². The molecular weight excluding hydrogens is 476 g/mol. The minimum absolute atomic E-state index is 0.113. The van der Waals surface area contributed by atoms with Crippen LogP contribution in [-0.2, 0) is 9.59 Å². The highest BCUT2D eigenvalue weighted by Crippen LogP contribution is 2.41. The van der Waals surface area contributed by atoms with Gasteiger partial charge in [-0.1, -0.05) is 35.4 Å². The molecule has 6 nitrogen and oxygen atoms in total. The van der Waals surface area contributed by atoms with E-state index in [-0.39, 0.29) is 34.2 Å². The standard InChI is InChI=1S/C32H40N2O4/c1-17-11-19(3)29(20(4)12-17)31(33-15-27(23(7)35)24(8)36)32(34-16-28(25(9)37)26(10)38)30-21(5)13-18(2)14-22(30)6/h11-16,31-32,35,37H,1-10H3/b27-23-,28-25+,33-15?,34-16?/t31-,32-/m1/s1. The number of benzene rings is 2. The third-order valence-electron chi connectivity index (χ3n) is 6.63. The molecule has 0 heterocycles. The van der Waals surface area contributed by atoms with Gasteiger partial charge in [0.05, 0.1) is 11.1 Å². The first-order valence-electron chi connectivity index (χ1n) is 12.7. The van der Waals surface area contributed by atoms with Crippen molar-refractivity contribution in [1.82, 2.24) is 0 Å². The largest absolute Gasteiger partial charge is 0.512 e. The first-order chi connectivity index (χ1) is 17.6. The van der Waals surface area contributed by atoms with Crippen molar-refractivity contribution in [1.29, 1.82) is 0 Å². The Morgan fingerprint density at radius 2 is 0.868 bits per heavy atom. The summed E-state index contributed by atoms with van der Waals surface area (Å²) < 4.78 is 0. The molecule has 0 fully saturated rings. The SMILES string of the molecule is CC(=O)/C(C=N[C@H](c1c(C)cc(C)cc1C)[C@H](N=C/C(C(C)=O)=C(/C)O)c1c(C)cc(C)cc1C)=C(/C)O. The van der Waals surface area contributed by atoms with Crippen LogP contribution in [0.1, 0.15) is 84.3 Å². The van der Waals surface area contributed by atoms with E-state index < -0.39 is 12.1 Å². The number of aryl methyl sites for hydroxylation is 6. The fourth-order valence-corrected chi connectivity index (χ4v) is 5.13. The molecule has 2 aromatic carbocycles. The molecule has 2 atom stereocenters. The monoisotopic (exact) mass is 516 g/mol. The quantitative estimate of drug-likeness (QED) is 0.207. The normalized spacial score (nSPS) is 14.9. The number of ketones is 2.